The molecule has 152 valence electrons. The van der Waals surface area contributed by atoms with Crippen LogP contribution in [0.3, 0.4) is 0 Å². The highest BCUT2D eigenvalue weighted by Gasteiger charge is 2.23. The highest BCUT2D eigenvalue weighted by atomic mass is 19.1. The van der Waals surface area contributed by atoms with E-state index < -0.39 is 11.6 Å². The molecule has 0 saturated carbocycles. The number of piperazine rings is 1. The standard InChI is InChI=1S/C21H24F2N6/c1-14(2)25-20-21(27-19-12-24-6-5-18(19)26-20)29-9-7-28(8-10-29)13-15-3-4-16(22)11-17(15)23/h3-6,11-12,14H,7-10,13H2,1-2H3,(H,25,26). The van der Waals surface area contributed by atoms with Crippen LogP contribution in [-0.4, -0.2) is 52.1 Å². The number of benzene rings is 1. The predicted octanol–water partition coefficient (Wildman–Crippen LogP) is 3.45. The predicted molar refractivity (Wildman–Crippen MR) is 110 cm³/mol. The first-order valence-corrected chi connectivity index (χ1v) is 9.79. The van der Waals surface area contributed by atoms with E-state index >= 15 is 0 Å². The molecule has 3 aromatic rings. The van der Waals surface area contributed by atoms with Gasteiger partial charge in [0, 0.05) is 56.6 Å². The molecule has 2 aromatic heterocycles. The molecule has 8 heteroatoms. The number of hydrogen-bond donors (Lipinski definition) is 1. The molecule has 0 bridgehead atoms. The van der Waals surface area contributed by atoms with Gasteiger partial charge < -0.3 is 10.2 Å². The fourth-order valence-corrected chi connectivity index (χ4v) is 3.50. The van der Waals surface area contributed by atoms with Gasteiger partial charge >= 0.3 is 0 Å². The average Bonchev–Trinajstić information content (AvgIpc) is 2.70. The molecule has 3 heterocycles. The summed E-state index contributed by atoms with van der Waals surface area (Å²) >= 11 is 0. The maximum atomic E-state index is 14.0. The number of halogens is 2. The summed E-state index contributed by atoms with van der Waals surface area (Å²) in [5.41, 5.74) is 2.07. The molecule has 0 radical (unpaired) electrons. The van der Waals surface area contributed by atoms with E-state index in [1.54, 1.807) is 12.4 Å². The van der Waals surface area contributed by atoms with Crippen LogP contribution in [-0.2, 0) is 6.54 Å². The molecule has 0 atom stereocenters. The Bertz CT molecular complexity index is 1000. The zero-order chi connectivity index (χ0) is 20.4. The SMILES string of the molecule is CC(C)Nc1nc2ccncc2nc1N1CCN(Cc2ccc(F)cc2F)CC1. The zero-order valence-electron chi connectivity index (χ0n) is 16.6. The van der Waals surface area contributed by atoms with E-state index in [9.17, 15) is 8.78 Å². The van der Waals surface area contributed by atoms with Gasteiger partial charge in [-0.15, -0.1) is 0 Å². The van der Waals surface area contributed by atoms with Crippen molar-refractivity contribution in [3.05, 3.63) is 53.9 Å². The summed E-state index contributed by atoms with van der Waals surface area (Å²) in [5.74, 6) is 0.526. The van der Waals surface area contributed by atoms with Crippen LogP contribution in [0.4, 0.5) is 20.4 Å². The minimum atomic E-state index is -0.550. The van der Waals surface area contributed by atoms with Crippen molar-refractivity contribution in [1.82, 2.24) is 19.9 Å². The molecule has 0 amide bonds. The first kappa shape index (κ1) is 19.4. The summed E-state index contributed by atoms with van der Waals surface area (Å²) in [5, 5.41) is 3.39. The van der Waals surface area contributed by atoms with Gasteiger partial charge in [0.05, 0.1) is 11.7 Å². The number of pyridine rings is 1. The Morgan fingerprint density at radius 1 is 1.03 bits per heavy atom. The van der Waals surface area contributed by atoms with Crippen molar-refractivity contribution < 1.29 is 8.78 Å². The first-order valence-electron chi connectivity index (χ1n) is 9.79. The molecule has 0 aliphatic carbocycles. The molecule has 4 rings (SSSR count). The fraction of sp³-hybridized carbons (Fsp3) is 0.381. The minimum Gasteiger partial charge on any atom is -0.365 e. The van der Waals surface area contributed by atoms with Gasteiger partial charge in [0.15, 0.2) is 11.6 Å². The summed E-state index contributed by atoms with van der Waals surface area (Å²) in [6.45, 7) is 7.60. The zero-order valence-corrected chi connectivity index (χ0v) is 16.6. The van der Waals surface area contributed by atoms with E-state index in [-0.39, 0.29) is 6.04 Å². The average molecular weight is 398 g/mol. The number of nitrogens with zero attached hydrogens (tertiary/aromatic N) is 5. The van der Waals surface area contributed by atoms with Crippen molar-refractivity contribution in [3.63, 3.8) is 0 Å². The monoisotopic (exact) mass is 398 g/mol. The Morgan fingerprint density at radius 3 is 2.55 bits per heavy atom. The van der Waals surface area contributed by atoms with E-state index in [1.807, 2.05) is 6.07 Å². The summed E-state index contributed by atoms with van der Waals surface area (Å²) in [6, 6.07) is 5.84. The lowest BCUT2D eigenvalue weighted by molar-refractivity contribution is 0.246. The van der Waals surface area contributed by atoms with E-state index in [2.05, 4.69) is 33.9 Å². The number of aromatic nitrogens is 3. The smallest absolute Gasteiger partial charge is 0.172 e. The number of fused-ring (bicyclic) bond motifs is 1. The summed E-state index contributed by atoms with van der Waals surface area (Å²) < 4.78 is 27.1. The number of hydrogen-bond acceptors (Lipinski definition) is 6. The lowest BCUT2D eigenvalue weighted by Gasteiger charge is -2.36. The van der Waals surface area contributed by atoms with Gasteiger partial charge in [-0.25, -0.2) is 18.7 Å². The highest BCUT2D eigenvalue weighted by Crippen LogP contribution is 2.26. The van der Waals surface area contributed by atoms with E-state index in [4.69, 9.17) is 9.97 Å². The van der Waals surface area contributed by atoms with Crippen molar-refractivity contribution in [2.24, 2.45) is 0 Å². The van der Waals surface area contributed by atoms with Crippen molar-refractivity contribution in [1.29, 1.82) is 0 Å². The quantitative estimate of drug-likeness (QED) is 0.711. The van der Waals surface area contributed by atoms with Crippen LogP contribution in [0, 0.1) is 11.6 Å². The third kappa shape index (κ3) is 4.42. The van der Waals surface area contributed by atoms with Gasteiger partial charge in [-0.05, 0) is 26.0 Å². The van der Waals surface area contributed by atoms with Gasteiger partial charge in [-0.3, -0.25) is 9.88 Å². The van der Waals surface area contributed by atoms with Crippen LogP contribution in [0.2, 0.25) is 0 Å². The lowest BCUT2D eigenvalue weighted by Crippen LogP contribution is -2.46. The minimum absolute atomic E-state index is 0.227. The molecule has 0 unspecified atom stereocenters. The molecule has 29 heavy (non-hydrogen) atoms. The second-order valence-corrected chi connectivity index (χ2v) is 7.56. The fourth-order valence-electron chi connectivity index (χ4n) is 3.50. The number of rotatable bonds is 5. The Hall–Kier alpha value is -2.87. The maximum Gasteiger partial charge on any atom is 0.172 e. The maximum absolute atomic E-state index is 14.0. The molecule has 6 nitrogen and oxygen atoms in total. The first-order chi connectivity index (χ1) is 14.0. The molecule has 1 saturated heterocycles. The van der Waals surface area contributed by atoms with Gasteiger partial charge in [0.1, 0.15) is 17.2 Å². The molecule has 1 aliphatic rings. The third-order valence-electron chi connectivity index (χ3n) is 4.95. The summed E-state index contributed by atoms with van der Waals surface area (Å²) in [7, 11) is 0. The Balaban J connectivity index is 1.50. The van der Waals surface area contributed by atoms with Crippen molar-refractivity contribution in [2.75, 3.05) is 36.4 Å². The van der Waals surface area contributed by atoms with Crippen LogP contribution in [0.25, 0.3) is 11.0 Å². The molecule has 0 spiro atoms. The number of anilines is 2. The number of nitrogens with one attached hydrogen (secondary N) is 1. The molecule has 1 aromatic carbocycles. The van der Waals surface area contributed by atoms with Gasteiger partial charge in [-0.1, -0.05) is 6.07 Å². The van der Waals surface area contributed by atoms with Crippen molar-refractivity contribution >= 4 is 22.7 Å². The van der Waals surface area contributed by atoms with Crippen LogP contribution in [0.1, 0.15) is 19.4 Å². The van der Waals surface area contributed by atoms with Crippen LogP contribution < -0.4 is 10.2 Å². The molecule has 1 aliphatic heterocycles. The largest absolute Gasteiger partial charge is 0.365 e. The van der Waals surface area contributed by atoms with Crippen LogP contribution >= 0.6 is 0 Å². The van der Waals surface area contributed by atoms with Gasteiger partial charge in [0.25, 0.3) is 0 Å². The second kappa shape index (κ2) is 8.24. The van der Waals surface area contributed by atoms with Crippen molar-refractivity contribution in [2.45, 2.75) is 26.4 Å². The van der Waals surface area contributed by atoms with Crippen LogP contribution in [0.5, 0.6) is 0 Å². The van der Waals surface area contributed by atoms with Crippen molar-refractivity contribution in [3.8, 4) is 0 Å². The third-order valence-corrected chi connectivity index (χ3v) is 4.95. The normalized spacial score (nSPS) is 15.3. The topological polar surface area (TPSA) is 57.2 Å². The Kier molecular flexibility index (Phi) is 5.53. The Morgan fingerprint density at radius 2 is 1.83 bits per heavy atom. The summed E-state index contributed by atoms with van der Waals surface area (Å²) in [6.07, 6.45) is 3.43. The molecule has 1 N–H and O–H groups in total. The Labute approximate surface area is 168 Å². The van der Waals surface area contributed by atoms with Crippen LogP contribution in [0.15, 0.2) is 36.7 Å². The lowest BCUT2D eigenvalue weighted by atomic mass is 10.1. The van der Waals surface area contributed by atoms with E-state index in [1.165, 1.54) is 12.1 Å². The summed E-state index contributed by atoms with van der Waals surface area (Å²) in [4.78, 5) is 18.1. The molecular formula is C21H24F2N6. The molecule has 1 fully saturated rings. The van der Waals surface area contributed by atoms with E-state index in [0.29, 0.717) is 12.1 Å². The second-order valence-electron chi connectivity index (χ2n) is 7.56. The van der Waals surface area contributed by atoms with Gasteiger partial charge in [-0.2, -0.15) is 0 Å². The van der Waals surface area contributed by atoms with Gasteiger partial charge in [0.2, 0.25) is 0 Å². The van der Waals surface area contributed by atoms with E-state index in [0.717, 1.165) is 54.9 Å². The molecular weight excluding hydrogens is 374 g/mol. The highest BCUT2D eigenvalue weighted by molar-refractivity contribution is 5.79.